The van der Waals surface area contributed by atoms with Crippen molar-refractivity contribution in [1.82, 2.24) is 19.4 Å². The first-order chi connectivity index (χ1) is 12.3. The summed E-state index contributed by atoms with van der Waals surface area (Å²) in [6.45, 7) is 4.62. The molecule has 0 spiro atoms. The van der Waals surface area contributed by atoms with Crippen molar-refractivity contribution in [2.45, 2.75) is 38.6 Å². The van der Waals surface area contributed by atoms with E-state index in [0.29, 0.717) is 11.7 Å². The first kappa shape index (κ1) is 18.0. The molecule has 0 saturated carbocycles. The van der Waals surface area contributed by atoms with E-state index in [0.717, 1.165) is 50.5 Å². The van der Waals surface area contributed by atoms with E-state index in [1.807, 2.05) is 41.8 Å². The van der Waals surface area contributed by atoms with Crippen LogP contribution >= 0.6 is 11.8 Å². The van der Waals surface area contributed by atoms with Crippen LogP contribution in [0.15, 0.2) is 36.9 Å². The van der Waals surface area contributed by atoms with Gasteiger partial charge >= 0.3 is 0 Å². The Balaban J connectivity index is 1.64. The van der Waals surface area contributed by atoms with Gasteiger partial charge in [-0.25, -0.2) is 4.98 Å². The number of imidazole rings is 1. The third-order valence-electron chi connectivity index (χ3n) is 4.56. The average Bonchev–Trinajstić information content (AvgIpc) is 3.11. The molecule has 3 rings (SSSR count). The summed E-state index contributed by atoms with van der Waals surface area (Å²) in [6, 6.07) is 4.07. The Bertz CT molecular complexity index is 673. The number of piperidine rings is 1. The maximum atomic E-state index is 12.4. The highest BCUT2D eigenvalue weighted by molar-refractivity contribution is 7.99. The zero-order chi connectivity index (χ0) is 17.5. The van der Waals surface area contributed by atoms with Crippen LogP contribution in [0, 0.1) is 0 Å². The van der Waals surface area contributed by atoms with Crippen LogP contribution in [0.2, 0.25) is 0 Å². The zero-order valence-corrected chi connectivity index (χ0v) is 15.6. The van der Waals surface area contributed by atoms with Gasteiger partial charge in [-0.2, -0.15) is 11.8 Å². The predicted molar refractivity (Wildman–Crippen MR) is 102 cm³/mol. The number of aromatic nitrogens is 3. The van der Waals surface area contributed by atoms with Gasteiger partial charge in [-0.3, -0.25) is 9.78 Å². The molecule has 1 atom stereocenters. The second kappa shape index (κ2) is 9.04. The largest absolute Gasteiger partial charge is 0.341 e. The fourth-order valence-corrected chi connectivity index (χ4v) is 4.10. The van der Waals surface area contributed by atoms with E-state index in [1.54, 1.807) is 11.8 Å². The van der Waals surface area contributed by atoms with E-state index in [4.69, 9.17) is 0 Å². The molecule has 0 bridgehead atoms. The highest BCUT2D eigenvalue weighted by Gasteiger charge is 2.27. The SMILES string of the molecule is CCCSCC(=O)N1CCC[C@H](c2nccn2Cc2ccncc2)C1. The van der Waals surface area contributed by atoms with Crippen molar-refractivity contribution >= 4 is 17.7 Å². The summed E-state index contributed by atoms with van der Waals surface area (Å²) in [5.41, 5.74) is 1.22. The molecule has 1 aliphatic heterocycles. The van der Waals surface area contributed by atoms with Crippen LogP contribution in [-0.2, 0) is 11.3 Å². The number of amides is 1. The van der Waals surface area contributed by atoms with Crippen molar-refractivity contribution in [3.05, 3.63) is 48.3 Å². The minimum Gasteiger partial charge on any atom is -0.341 e. The molecule has 1 amide bonds. The predicted octanol–water partition coefficient (Wildman–Crippen LogP) is 3.18. The van der Waals surface area contributed by atoms with E-state index < -0.39 is 0 Å². The number of carbonyl (C=O) groups is 1. The third-order valence-corrected chi connectivity index (χ3v) is 5.71. The first-order valence-corrected chi connectivity index (χ1v) is 10.2. The lowest BCUT2D eigenvalue weighted by atomic mass is 9.97. The molecule has 1 saturated heterocycles. The van der Waals surface area contributed by atoms with Crippen molar-refractivity contribution in [2.24, 2.45) is 0 Å². The van der Waals surface area contributed by atoms with Gasteiger partial charge in [0, 0.05) is 50.3 Å². The minimum atomic E-state index is 0.274. The molecule has 134 valence electrons. The molecule has 5 nitrogen and oxygen atoms in total. The van der Waals surface area contributed by atoms with Crippen LogP contribution in [-0.4, -0.2) is 49.9 Å². The maximum absolute atomic E-state index is 12.4. The molecular weight excluding hydrogens is 332 g/mol. The molecule has 1 fully saturated rings. The van der Waals surface area contributed by atoms with Gasteiger partial charge in [0.15, 0.2) is 0 Å². The van der Waals surface area contributed by atoms with E-state index in [9.17, 15) is 4.79 Å². The lowest BCUT2D eigenvalue weighted by Crippen LogP contribution is -2.40. The molecule has 1 aliphatic rings. The molecule has 3 heterocycles. The monoisotopic (exact) mass is 358 g/mol. The Kier molecular flexibility index (Phi) is 6.50. The minimum absolute atomic E-state index is 0.274. The summed E-state index contributed by atoms with van der Waals surface area (Å²) in [4.78, 5) is 23.2. The smallest absolute Gasteiger partial charge is 0.232 e. The number of rotatable bonds is 7. The van der Waals surface area contributed by atoms with Gasteiger partial charge in [0.1, 0.15) is 5.82 Å². The van der Waals surface area contributed by atoms with Crippen molar-refractivity contribution in [3.63, 3.8) is 0 Å². The van der Waals surface area contributed by atoms with Gasteiger partial charge in [-0.1, -0.05) is 6.92 Å². The fraction of sp³-hybridized carbons (Fsp3) is 0.526. The molecule has 25 heavy (non-hydrogen) atoms. The number of carbonyl (C=O) groups excluding carboxylic acids is 1. The Morgan fingerprint density at radius 1 is 1.32 bits per heavy atom. The summed E-state index contributed by atoms with van der Waals surface area (Å²) in [5.74, 6) is 3.35. The normalized spacial score (nSPS) is 17.6. The van der Waals surface area contributed by atoms with Crippen LogP contribution in [0.4, 0.5) is 0 Å². The van der Waals surface area contributed by atoms with Crippen molar-refractivity contribution in [3.8, 4) is 0 Å². The Hall–Kier alpha value is -1.82. The van der Waals surface area contributed by atoms with Crippen LogP contribution in [0.25, 0.3) is 0 Å². The zero-order valence-electron chi connectivity index (χ0n) is 14.8. The van der Waals surface area contributed by atoms with Crippen molar-refractivity contribution in [1.29, 1.82) is 0 Å². The van der Waals surface area contributed by atoms with Crippen molar-refractivity contribution in [2.75, 3.05) is 24.6 Å². The number of likely N-dealkylation sites (tertiary alicyclic amines) is 1. The molecule has 0 radical (unpaired) electrons. The Morgan fingerprint density at radius 2 is 2.16 bits per heavy atom. The fourth-order valence-electron chi connectivity index (χ4n) is 3.31. The van der Waals surface area contributed by atoms with Gasteiger partial charge in [0.05, 0.1) is 5.75 Å². The number of pyridine rings is 1. The first-order valence-electron chi connectivity index (χ1n) is 9.03. The number of thioether (sulfide) groups is 1. The van der Waals surface area contributed by atoms with E-state index >= 15 is 0 Å². The molecule has 0 N–H and O–H groups in total. The van der Waals surface area contributed by atoms with Crippen molar-refractivity contribution < 1.29 is 4.79 Å². The lowest BCUT2D eigenvalue weighted by Gasteiger charge is -2.32. The van der Waals surface area contributed by atoms with Crippen LogP contribution in [0.3, 0.4) is 0 Å². The maximum Gasteiger partial charge on any atom is 0.232 e. The second-order valence-electron chi connectivity index (χ2n) is 6.50. The average molecular weight is 359 g/mol. The Morgan fingerprint density at radius 3 is 2.96 bits per heavy atom. The van der Waals surface area contributed by atoms with Crippen LogP contribution < -0.4 is 0 Å². The van der Waals surface area contributed by atoms with Gasteiger partial charge in [-0.15, -0.1) is 0 Å². The van der Waals surface area contributed by atoms with Gasteiger partial charge in [0.2, 0.25) is 5.91 Å². The standard InChI is InChI=1S/C19H26N4OS/c1-2-12-25-15-18(24)22-10-3-4-17(14-22)19-21-9-11-23(19)13-16-5-7-20-8-6-16/h5-9,11,17H,2-4,10,12-15H2,1H3/t17-/m0/s1. The molecule has 6 heteroatoms. The van der Waals surface area contributed by atoms with E-state index in [1.165, 1.54) is 5.56 Å². The summed E-state index contributed by atoms with van der Waals surface area (Å²) >= 11 is 1.74. The lowest BCUT2D eigenvalue weighted by molar-refractivity contribution is -0.129. The van der Waals surface area contributed by atoms with Gasteiger partial charge in [0.25, 0.3) is 0 Å². The number of nitrogens with zero attached hydrogens (tertiary/aromatic N) is 4. The molecule has 0 unspecified atom stereocenters. The highest BCUT2D eigenvalue weighted by atomic mass is 32.2. The Labute approximate surface area is 153 Å². The molecule has 2 aromatic heterocycles. The summed E-state index contributed by atoms with van der Waals surface area (Å²) in [7, 11) is 0. The number of hydrogen-bond donors (Lipinski definition) is 0. The van der Waals surface area contributed by atoms with Crippen LogP contribution in [0.5, 0.6) is 0 Å². The number of hydrogen-bond acceptors (Lipinski definition) is 4. The molecular formula is C19H26N4OS. The van der Waals surface area contributed by atoms with E-state index in [-0.39, 0.29) is 5.91 Å². The van der Waals surface area contributed by atoms with Gasteiger partial charge in [-0.05, 0) is 42.7 Å². The summed E-state index contributed by atoms with van der Waals surface area (Å²) < 4.78 is 2.21. The van der Waals surface area contributed by atoms with Gasteiger partial charge < -0.3 is 9.47 Å². The third kappa shape index (κ3) is 4.84. The summed E-state index contributed by atoms with van der Waals surface area (Å²) in [6.07, 6.45) is 10.8. The van der Waals surface area contributed by atoms with Crippen LogP contribution in [0.1, 0.15) is 43.5 Å². The second-order valence-corrected chi connectivity index (χ2v) is 7.61. The highest BCUT2D eigenvalue weighted by Crippen LogP contribution is 2.26. The summed E-state index contributed by atoms with van der Waals surface area (Å²) in [5, 5.41) is 0. The molecule has 0 aliphatic carbocycles. The topological polar surface area (TPSA) is 51.0 Å². The molecule has 0 aromatic carbocycles. The molecule has 2 aromatic rings. The quantitative estimate of drug-likeness (QED) is 0.714. The van der Waals surface area contributed by atoms with E-state index in [2.05, 4.69) is 21.5 Å².